The van der Waals surface area contributed by atoms with Gasteiger partial charge in [-0.05, 0) is 41.2 Å². The Hall–Kier alpha value is -1.61. The van der Waals surface area contributed by atoms with Crippen LogP contribution in [0.15, 0.2) is 35.7 Å². The summed E-state index contributed by atoms with van der Waals surface area (Å²) in [6, 6.07) is 7.69. The molecule has 11 heteroatoms. The highest BCUT2D eigenvalue weighted by Gasteiger charge is 2.44. The molecule has 1 fully saturated rings. The van der Waals surface area contributed by atoms with E-state index in [1.54, 1.807) is 23.1 Å². The Labute approximate surface area is 185 Å². The summed E-state index contributed by atoms with van der Waals surface area (Å²) in [6.45, 7) is 0.184. The zero-order valence-electron chi connectivity index (χ0n) is 14.9. The van der Waals surface area contributed by atoms with Gasteiger partial charge in [-0.1, -0.05) is 29.3 Å². The standard InChI is InChI=1S/C18H16Cl3F2N3O2S/c19-13-4-3-11(8-14(13)20)26-6-5-25(17(28)18(21,22)23)10-15(26)16(27)24-9-12-2-1-7-29-12/h1-4,7-8,15H,5-6,9-10H2,(H,24,27)/t15-/m0/s1. The molecule has 1 aliphatic rings. The minimum Gasteiger partial charge on any atom is -0.356 e. The molecule has 0 radical (unpaired) electrons. The molecule has 1 N–H and O–H groups in total. The van der Waals surface area contributed by atoms with Crippen LogP contribution in [0.5, 0.6) is 0 Å². The van der Waals surface area contributed by atoms with E-state index in [1.165, 1.54) is 11.3 Å². The molecule has 1 atom stereocenters. The van der Waals surface area contributed by atoms with Crippen LogP contribution in [0.4, 0.5) is 14.5 Å². The van der Waals surface area contributed by atoms with Crippen LogP contribution >= 0.6 is 46.1 Å². The third-order valence-electron chi connectivity index (χ3n) is 4.46. The van der Waals surface area contributed by atoms with E-state index in [9.17, 15) is 18.4 Å². The molecule has 0 bridgehead atoms. The van der Waals surface area contributed by atoms with Gasteiger partial charge in [-0.3, -0.25) is 9.59 Å². The van der Waals surface area contributed by atoms with Crippen molar-refractivity contribution < 1.29 is 18.4 Å². The molecule has 29 heavy (non-hydrogen) atoms. The summed E-state index contributed by atoms with van der Waals surface area (Å²) in [7, 11) is 0. The normalized spacial score (nSPS) is 17.3. The molecule has 1 aliphatic heterocycles. The monoisotopic (exact) mass is 481 g/mol. The second kappa shape index (κ2) is 9.04. The lowest BCUT2D eigenvalue weighted by molar-refractivity contribution is -0.148. The number of hydrogen-bond donors (Lipinski definition) is 1. The first-order chi connectivity index (χ1) is 13.7. The summed E-state index contributed by atoms with van der Waals surface area (Å²) in [5, 5.41) is 1.30. The van der Waals surface area contributed by atoms with Gasteiger partial charge >= 0.3 is 11.3 Å². The van der Waals surface area contributed by atoms with Crippen molar-refractivity contribution in [1.29, 1.82) is 0 Å². The highest BCUT2D eigenvalue weighted by atomic mass is 35.5. The number of amides is 2. The maximum Gasteiger partial charge on any atom is 0.399 e. The molecule has 3 rings (SSSR count). The van der Waals surface area contributed by atoms with Crippen molar-refractivity contribution >= 4 is 63.6 Å². The van der Waals surface area contributed by atoms with Crippen molar-refractivity contribution in [3.05, 3.63) is 50.6 Å². The molecule has 156 valence electrons. The third-order valence-corrected chi connectivity index (χ3v) is 6.24. The smallest absolute Gasteiger partial charge is 0.356 e. The average Bonchev–Trinajstić information content (AvgIpc) is 3.20. The van der Waals surface area contributed by atoms with Crippen molar-refractivity contribution in [3.8, 4) is 0 Å². The number of piperazine rings is 1. The number of hydrogen-bond acceptors (Lipinski definition) is 4. The average molecular weight is 483 g/mol. The minimum atomic E-state index is -4.02. The van der Waals surface area contributed by atoms with Gasteiger partial charge in [-0.25, -0.2) is 0 Å². The summed E-state index contributed by atoms with van der Waals surface area (Å²) in [6.07, 6.45) is 0. The number of carbonyl (C=O) groups excluding carboxylic acids is 2. The van der Waals surface area contributed by atoms with Crippen molar-refractivity contribution in [3.63, 3.8) is 0 Å². The summed E-state index contributed by atoms with van der Waals surface area (Å²) < 4.78 is 26.6. The molecule has 0 aliphatic carbocycles. The molecule has 1 saturated heterocycles. The maximum atomic E-state index is 13.3. The number of benzene rings is 1. The summed E-state index contributed by atoms with van der Waals surface area (Å²) in [4.78, 5) is 28.4. The van der Waals surface area contributed by atoms with Crippen LogP contribution in [0.2, 0.25) is 10.0 Å². The van der Waals surface area contributed by atoms with Crippen LogP contribution in [0.25, 0.3) is 0 Å². The maximum absolute atomic E-state index is 13.3. The number of rotatable bonds is 5. The molecule has 5 nitrogen and oxygen atoms in total. The van der Waals surface area contributed by atoms with E-state index in [2.05, 4.69) is 5.32 Å². The van der Waals surface area contributed by atoms with E-state index >= 15 is 0 Å². The van der Waals surface area contributed by atoms with Gasteiger partial charge in [0.15, 0.2) is 0 Å². The van der Waals surface area contributed by atoms with Crippen LogP contribution in [0.3, 0.4) is 0 Å². The lowest BCUT2D eigenvalue weighted by Gasteiger charge is -2.42. The number of anilines is 1. The fraction of sp³-hybridized carbons (Fsp3) is 0.333. The number of nitrogens with zero attached hydrogens (tertiary/aromatic N) is 2. The number of alkyl halides is 3. The topological polar surface area (TPSA) is 52.7 Å². The first-order valence-corrected chi connectivity index (χ1v) is 10.6. The largest absolute Gasteiger partial charge is 0.399 e. The second-order valence-electron chi connectivity index (χ2n) is 6.35. The van der Waals surface area contributed by atoms with Crippen LogP contribution in [0, 0.1) is 0 Å². The van der Waals surface area contributed by atoms with E-state index < -0.39 is 23.2 Å². The van der Waals surface area contributed by atoms with E-state index in [1.807, 2.05) is 17.5 Å². The van der Waals surface area contributed by atoms with Gasteiger partial charge in [-0.2, -0.15) is 8.78 Å². The Morgan fingerprint density at radius 1 is 1.21 bits per heavy atom. The van der Waals surface area contributed by atoms with Crippen molar-refractivity contribution in [2.24, 2.45) is 0 Å². The molecular weight excluding hydrogens is 467 g/mol. The Morgan fingerprint density at radius 2 is 1.97 bits per heavy atom. The number of halogens is 5. The zero-order chi connectivity index (χ0) is 21.2. The number of thiophene rings is 1. The fourth-order valence-electron chi connectivity index (χ4n) is 3.05. The SMILES string of the molecule is O=C(NCc1cccs1)[C@@H]1CN(C(=O)C(F)(F)Cl)CCN1c1ccc(Cl)c(Cl)c1. The lowest BCUT2D eigenvalue weighted by atomic mass is 10.1. The Morgan fingerprint density at radius 3 is 2.59 bits per heavy atom. The number of nitrogens with one attached hydrogen (secondary N) is 1. The lowest BCUT2D eigenvalue weighted by Crippen LogP contribution is -2.61. The first-order valence-electron chi connectivity index (χ1n) is 8.54. The van der Waals surface area contributed by atoms with Crippen molar-refractivity contribution in [2.45, 2.75) is 18.0 Å². The first kappa shape index (κ1) is 22.1. The molecule has 1 aromatic heterocycles. The Kier molecular flexibility index (Phi) is 6.88. The van der Waals surface area contributed by atoms with Gasteiger partial charge in [-0.15, -0.1) is 11.3 Å². The molecule has 2 amide bonds. The van der Waals surface area contributed by atoms with Crippen LogP contribution in [-0.2, 0) is 16.1 Å². The highest BCUT2D eigenvalue weighted by molar-refractivity contribution is 7.09. The highest BCUT2D eigenvalue weighted by Crippen LogP contribution is 2.30. The predicted octanol–water partition coefficient (Wildman–Crippen LogP) is 4.22. The van der Waals surface area contributed by atoms with Gasteiger partial charge in [0.1, 0.15) is 6.04 Å². The van der Waals surface area contributed by atoms with Crippen LogP contribution in [-0.4, -0.2) is 47.8 Å². The molecular formula is C18H16Cl3F2N3O2S. The molecule has 0 unspecified atom stereocenters. The van der Waals surface area contributed by atoms with E-state index in [0.717, 1.165) is 9.78 Å². The van der Waals surface area contributed by atoms with E-state index in [4.69, 9.17) is 34.8 Å². The summed E-state index contributed by atoms with van der Waals surface area (Å²) in [5.74, 6) is -1.93. The molecule has 1 aromatic carbocycles. The van der Waals surface area contributed by atoms with Crippen molar-refractivity contribution in [1.82, 2.24) is 10.2 Å². The molecule has 0 spiro atoms. The Balaban J connectivity index is 1.82. The van der Waals surface area contributed by atoms with Crippen LogP contribution < -0.4 is 10.2 Å². The number of carbonyl (C=O) groups is 2. The van der Waals surface area contributed by atoms with Gasteiger partial charge in [0, 0.05) is 23.7 Å². The summed E-state index contributed by atoms with van der Waals surface area (Å²) in [5.41, 5.74) is 0.598. The van der Waals surface area contributed by atoms with Gasteiger partial charge in [0.2, 0.25) is 5.91 Å². The molecule has 2 heterocycles. The second-order valence-corrected chi connectivity index (χ2v) is 8.68. The molecule has 0 saturated carbocycles. The van der Waals surface area contributed by atoms with Crippen LogP contribution in [0.1, 0.15) is 4.88 Å². The van der Waals surface area contributed by atoms with Gasteiger partial charge in [0.25, 0.3) is 0 Å². The quantitative estimate of drug-likeness (QED) is 0.649. The Bertz CT molecular complexity index is 893. The predicted molar refractivity (Wildman–Crippen MR) is 111 cm³/mol. The summed E-state index contributed by atoms with van der Waals surface area (Å²) >= 11 is 18.4. The zero-order valence-corrected chi connectivity index (χ0v) is 18.0. The van der Waals surface area contributed by atoms with E-state index in [-0.39, 0.29) is 19.6 Å². The molecule has 2 aromatic rings. The minimum absolute atomic E-state index is 0.0178. The van der Waals surface area contributed by atoms with E-state index in [0.29, 0.717) is 22.3 Å². The third kappa shape index (κ3) is 5.31. The van der Waals surface area contributed by atoms with Gasteiger partial charge < -0.3 is 15.1 Å². The fourth-order valence-corrected chi connectivity index (χ4v) is 4.11. The van der Waals surface area contributed by atoms with Crippen molar-refractivity contribution in [2.75, 3.05) is 24.5 Å². The van der Waals surface area contributed by atoms with Gasteiger partial charge in [0.05, 0.1) is 23.1 Å².